The molecule has 5 heteroatoms. The van der Waals surface area contributed by atoms with Gasteiger partial charge in [0.05, 0.1) is 5.92 Å². The summed E-state index contributed by atoms with van der Waals surface area (Å²) in [5.74, 6) is -0.534. The summed E-state index contributed by atoms with van der Waals surface area (Å²) in [6.07, 6.45) is 0.445. The number of hydrogen-bond donors (Lipinski definition) is 3. The highest BCUT2D eigenvalue weighted by Gasteiger charge is 2.46. The number of aromatic hydroxyl groups is 2. The first-order chi connectivity index (χ1) is 11.9. The van der Waals surface area contributed by atoms with Crippen LogP contribution in [-0.4, -0.2) is 45.6 Å². The molecule has 0 aliphatic carbocycles. The molecule has 0 spiro atoms. The van der Waals surface area contributed by atoms with Crippen molar-refractivity contribution >= 4 is 5.78 Å². The third kappa shape index (κ3) is 3.38. The molecule has 5 nitrogen and oxygen atoms in total. The van der Waals surface area contributed by atoms with Gasteiger partial charge >= 0.3 is 0 Å². The summed E-state index contributed by atoms with van der Waals surface area (Å²) in [5, 5.41) is 30.4. The van der Waals surface area contributed by atoms with Crippen LogP contribution >= 0.6 is 0 Å². The predicted octanol–water partition coefficient (Wildman–Crippen LogP) is 2.51. The van der Waals surface area contributed by atoms with Crippen LogP contribution in [0.2, 0.25) is 0 Å². The number of phenolic OH excluding ortho intramolecular Hbond substituents is 2. The lowest BCUT2D eigenvalue weighted by Crippen LogP contribution is -2.53. The van der Waals surface area contributed by atoms with Crippen LogP contribution in [0, 0.1) is 5.92 Å². The number of likely N-dealkylation sites (tertiary alicyclic amines) is 1. The van der Waals surface area contributed by atoms with Crippen molar-refractivity contribution in [1.82, 2.24) is 4.90 Å². The second kappa shape index (κ2) is 6.86. The number of carbonyl (C=O) groups is 1. The quantitative estimate of drug-likeness (QED) is 0.745. The second-order valence-electron chi connectivity index (χ2n) is 6.58. The van der Waals surface area contributed by atoms with Crippen molar-refractivity contribution in [2.75, 3.05) is 19.6 Å². The number of piperidine rings is 1. The third-order valence-electron chi connectivity index (χ3n) is 5.11. The molecule has 2 atom stereocenters. The van der Waals surface area contributed by atoms with E-state index in [-0.39, 0.29) is 17.3 Å². The first kappa shape index (κ1) is 17.5. The number of aliphatic hydroxyl groups is 1. The second-order valence-corrected chi connectivity index (χ2v) is 6.58. The van der Waals surface area contributed by atoms with Crippen LogP contribution in [-0.2, 0) is 5.60 Å². The summed E-state index contributed by atoms with van der Waals surface area (Å²) in [6, 6.07) is 12.5. The molecule has 132 valence electrons. The van der Waals surface area contributed by atoms with Crippen molar-refractivity contribution < 1.29 is 20.1 Å². The summed E-state index contributed by atoms with van der Waals surface area (Å²) < 4.78 is 0. The summed E-state index contributed by atoms with van der Waals surface area (Å²) in [6.45, 7) is 4.01. The van der Waals surface area contributed by atoms with Crippen molar-refractivity contribution in [3.05, 3.63) is 59.7 Å². The fraction of sp³-hybridized carbons (Fsp3) is 0.350. The first-order valence-electron chi connectivity index (χ1n) is 8.51. The van der Waals surface area contributed by atoms with E-state index in [1.165, 1.54) is 24.3 Å². The standard InChI is InChI=1S/C20H23NO4/c1-2-21-12-11-20(25,15-5-9-17(23)10-6-15)18(13-21)19(24)14-3-7-16(22)8-4-14/h3-10,18,22-23,25H,2,11-13H2,1H3/t18-,20-/m0/s1. The smallest absolute Gasteiger partial charge is 0.170 e. The molecular formula is C20H23NO4. The molecular weight excluding hydrogens is 318 g/mol. The number of ketones is 1. The molecule has 0 aromatic heterocycles. The first-order valence-corrected chi connectivity index (χ1v) is 8.51. The Labute approximate surface area is 147 Å². The fourth-order valence-electron chi connectivity index (χ4n) is 3.51. The summed E-state index contributed by atoms with van der Waals surface area (Å²) in [4.78, 5) is 15.3. The van der Waals surface area contributed by atoms with E-state index in [0.29, 0.717) is 30.6 Å². The minimum Gasteiger partial charge on any atom is -0.508 e. The number of carbonyl (C=O) groups excluding carboxylic acids is 1. The molecule has 2 aromatic carbocycles. The van der Waals surface area contributed by atoms with Crippen LogP contribution < -0.4 is 0 Å². The lowest BCUT2D eigenvalue weighted by molar-refractivity contribution is -0.0632. The Morgan fingerprint density at radius 3 is 2.20 bits per heavy atom. The Morgan fingerprint density at radius 1 is 1.08 bits per heavy atom. The highest BCUT2D eigenvalue weighted by molar-refractivity contribution is 5.99. The number of phenols is 2. The van der Waals surface area contributed by atoms with Crippen LogP contribution in [0.25, 0.3) is 0 Å². The predicted molar refractivity (Wildman–Crippen MR) is 94.7 cm³/mol. The lowest BCUT2D eigenvalue weighted by atomic mass is 9.72. The molecule has 3 N–H and O–H groups in total. The van der Waals surface area contributed by atoms with E-state index in [0.717, 1.165) is 6.54 Å². The van der Waals surface area contributed by atoms with E-state index < -0.39 is 11.5 Å². The van der Waals surface area contributed by atoms with E-state index in [1.807, 2.05) is 6.92 Å². The maximum absolute atomic E-state index is 13.1. The monoisotopic (exact) mass is 341 g/mol. The van der Waals surface area contributed by atoms with Crippen LogP contribution in [0.15, 0.2) is 48.5 Å². The molecule has 0 saturated carbocycles. The van der Waals surface area contributed by atoms with Gasteiger partial charge in [-0.15, -0.1) is 0 Å². The Kier molecular flexibility index (Phi) is 4.79. The van der Waals surface area contributed by atoms with Gasteiger partial charge in [0.25, 0.3) is 0 Å². The molecule has 2 aromatic rings. The number of benzene rings is 2. The number of rotatable bonds is 4. The van der Waals surface area contributed by atoms with Gasteiger partial charge in [0.2, 0.25) is 0 Å². The molecule has 0 bridgehead atoms. The van der Waals surface area contributed by atoms with Gasteiger partial charge in [-0.25, -0.2) is 0 Å². The average molecular weight is 341 g/mol. The summed E-state index contributed by atoms with van der Waals surface area (Å²) in [5.41, 5.74) is -0.176. The van der Waals surface area contributed by atoms with Gasteiger partial charge in [0.1, 0.15) is 17.1 Å². The zero-order chi connectivity index (χ0) is 18.0. The summed E-state index contributed by atoms with van der Waals surface area (Å²) >= 11 is 0. The molecule has 1 aliphatic heterocycles. The highest BCUT2D eigenvalue weighted by Crippen LogP contribution is 2.39. The van der Waals surface area contributed by atoms with Crippen molar-refractivity contribution in [3.8, 4) is 11.5 Å². The number of nitrogens with zero attached hydrogens (tertiary/aromatic N) is 1. The molecule has 3 rings (SSSR count). The number of hydrogen-bond acceptors (Lipinski definition) is 5. The maximum atomic E-state index is 13.1. The van der Waals surface area contributed by atoms with Crippen molar-refractivity contribution in [1.29, 1.82) is 0 Å². The largest absolute Gasteiger partial charge is 0.508 e. The SMILES string of the molecule is CCN1CC[C@](O)(c2ccc(O)cc2)[C@H](C(=O)c2ccc(O)cc2)C1. The number of Topliss-reactive ketones (excluding diaryl/α,β-unsaturated/α-hetero) is 1. The van der Waals surface area contributed by atoms with Crippen LogP contribution in [0.5, 0.6) is 11.5 Å². The van der Waals surface area contributed by atoms with Crippen LogP contribution in [0.1, 0.15) is 29.3 Å². The van der Waals surface area contributed by atoms with Gasteiger partial charge in [-0.1, -0.05) is 19.1 Å². The minimum absolute atomic E-state index is 0.101. The highest BCUT2D eigenvalue weighted by atomic mass is 16.3. The van der Waals surface area contributed by atoms with Gasteiger partial charge in [-0.2, -0.15) is 0 Å². The lowest BCUT2D eigenvalue weighted by Gasteiger charge is -2.44. The van der Waals surface area contributed by atoms with Gasteiger partial charge in [-0.3, -0.25) is 4.79 Å². The Morgan fingerprint density at radius 2 is 1.64 bits per heavy atom. The maximum Gasteiger partial charge on any atom is 0.170 e. The fourth-order valence-corrected chi connectivity index (χ4v) is 3.51. The Hall–Kier alpha value is -2.37. The van der Waals surface area contributed by atoms with E-state index in [1.54, 1.807) is 24.3 Å². The molecule has 0 amide bonds. The average Bonchev–Trinajstić information content (AvgIpc) is 2.62. The van der Waals surface area contributed by atoms with Crippen molar-refractivity contribution in [2.24, 2.45) is 5.92 Å². The Bertz CT molecular complexity index is 741. The normalized spacial score (nSPS) is 24.2. The van der Waals surface area contributed by atoms with Gasteiger partial charge in [0.15, 0.2) is 5.78 Å². The van der Waals surface area contributed by atoms with Gasteiger partial charge in [-0.05, 0) is 54.9 Å². The van der Waals surface area contributed by atoms with Gasteiger partial charge < -0.3 is 20.2 Å². The van der Waals surface area contributed by atoms with Crippen LogP contribution in [0.4, 0.5) is 0 Å². The molecule has 1 saturated heterocycles. The zero-order valence-electron chi connectivity index (χ0n) is 14.2. The summed E-state index contributed by atoms with van der Waals surface area (Å²) in [7, 11) is 0. The van der Waals surface area contributed by atoms with E-state index in [9.17, 15) is 20.1 Å². The zero-order valence-corrected chi connectivity index (χ0v) is 14.2. The topological polar surface area (TPSA) is 81.0 Å². The molecule has 25 heavy (non-hydrogen) atoms. The molecule has 1 fully saturated rings. The van der Waals surface area contributed by atoms with Crippen molar-refractivity contribution in [3.63, 3.8) is 0 Å². The Balaban J connectivity index is 1.98. The molecule has 0 radical (unpaired) electrons. The van der Waals surface area contributed by atoms with Crippen LogP contribution in [0.3, 0.4) is 0 Å². The molecule has 0 unspecified atom stereocenters. The third-order valence-corrected chi connectivity index (χ3v) is 5.11. The minimum atomic E-state index is -1.28. The van der Waals surface area contributed by atoms with E-state index in [2.05, 4.69) is 4.90 Å². The van der Waals surface area contributed by atoms with Gasteiger partial charge in [0, 0.05) is 18.7 Å². The van der Waals surface area contributed by atoms with E-state index in [4.69, 9.17) is 0 Å². The van der Waals surface area contributed by atoms with E-state index >= 15 is 0 Å². The van der Waals surface area contributed by atoms with Crippen molar-refractivity contribution in [2.45, 2.75) is 18.9 Å². The molecule has 1 aliphatic rings. The molecule has 1 heterocycles.